The quantitative estimate of drug-likeness (QED) is 0.812. The molecule has 1 aliphatic rings. The summed E-state index contributed by atoms with van der Waals surface area (Å²) in [7, 11) is 0. The predicted octanol–water partition coefficient (Wildman–Crippen LogP) is 1.70. The number of hydrogen-bond donors (Lipinski definition) is 1. The highest BCUT2D eigenvalue weighted by atomic mass is 16.2. The van der Waals surface area contributed by atoms with Crippen LogP contribution in [0, 0.1) is 0 Å². The largest absolute Gasteiger partial charge is 0.311 e. The van der Waals surface area contributed by atoms with Gasteiger partial charge in [-0.25, -0.2) is 0 Å². The van der Waals surface area contributed by atoms with Crippen molar-refractivity contribution in [1.29, 1.82) is 0 Å². The molecule has 1 aromatic rings. The van der Waals surface area contributed by atoms with Crippen LogP contribution < -0.4 is 10.2 Å². The number of benzene rings is 1. The minimum atomic E-state index is -0.147. The molecule has 1 amide bonds. The van der Waals surface area contributed by atoms with Crippen LogP contribution in [0.15, 0.2) is 24.3 Å². The van der Waals surface area contributed by atoms with E-state index in [9.17, 15) is 4.79 Å². The van der Waals surface area contributed by atoms with Crippen LogP contribution in [0.3, 0.4) is 0 Å². The van der Waals surface area contributed by atoms with Crippen molar-refractivity contribution in [3.63, 3.8) is 0 Å². The third kappa shape index (κ3) is 1.53. The van der Waals surface area contributed by atoms with Gasteiger partial charge in [-0.3, -0.25) is 4.79 Å². The van der Waals surface area contributed by atoms with Gasteiger partial charge < -0.3 is 10.2 Å². The summed E-state index contributed by atoms with van der Waals surface area (Å²) in [5.41, 5.74) is 2.15. The van der Waals surface area contributed by atoms with Crippen molar-refractivity contribution in [3.05, 3.63) is 29.8 Å². The van der Waals surface area contributed by atoms with Crippen molar-refractivity contribution >= 4 is 11.6 Å². The zero-order chi connectivity index (χ0) is 10.8. The fourth-order valence-electron chi connectivity index (χ4n) is 2.11. The Morgan fingerprint density at radius 2 is 2.07 bits per heavy atom. The monoisotopic (exact) mass is 204 g/mol. The molecule has 0 saturated heterocycles. The van der Waals surface area contributed by atoms with Gasteiger partial charge in [-0.1, -0.05) is 25.1 Å². The molecule has 0 saturated carbocycles. The van der Waals surface area contributed by atoms with Gasteiger partial charge in [0.15, 0.2) is 0 Å². The molecule has 0 bridgehead atoms. The fraction of sp³-hybridized carbons (Fsp3) is 0.417. The summed E-state index contributed by atoms with van der Waals surface area (Å²) in [6.07, 6.45) is 0. The van der Waals surface area contributed by atoms with Crippen LogP contribution in [0.25, 0.3) is 0 Å². The number of para-hydroxylation sites is 1. The van der Waals surface area contributed by atoms with E-state index in [4.69, 9.17) is 0 Å². The van der Waals surface area contributed by atoms with Crippen LogP contribution in [-0.2, 0) is 4.79 Å². The van der Waals surface area contributed by atoms with Gasteiger partial charge in [0.25, 0.3) is 0 Å². The highest BCUT2D eigenvalue weighted by Gasteiger charge is 2.35. The van der Waals surface area contributed by atoms with Crippen LogP contribution in [0.1, 0.15) is 25.5 Å². The molecule has 0 spiro atoms. The normalized spacial score (nSPS) is 19.5. The lowest BCUT2D eigenvalue weighted by Crippen LogP contribution is -2.34. The van der Waals surface area contributed by atoms with E-state index in [1.54, 1.807) is 0 Å². The van der Waals surface area contributed by atoms with Crippen molar-refractivity contribution in [1.82, 2.24) is 5.32 Å². The van der Waals surface area contributed by atoms with Gasteiger partial charge in [0, 0.05) is 17.8 Å². The van der Waals surface area contributed by atoms with E-state index in [-0.39, 0.29) is 11.9 Å². The Kier molecular flexibility index (Phi) is 2.73. The molecule has 2 rings (SSSR count). The lowest BCUT2D eigenvalue weighted by molar-refractivity contribution is -0.119. The molecule has 0 aliphatic carbocycles. The van der Waals surface area contributed by atoms with Crippen molar-refractivity contribution in [2.75, 3.05) is 18.0 Å². The SMILES string of the molecule is CCNC1C(=O)N(CC)c2ccccc21. The number of likely N-dealkylation sites (N-methyl/N-ethyl adjacent to an activating group) is 2. The molecule has 0 fully saturated rings. The van der Waals surface area contributed by atoms with Crippen LogP contribution in [0.5, 0.6) is 0 Å². The maximum absolute atomic E-state index is 12.0. The summed E-state index contributed by atoms with van der Waals surface area (Å²) in [4.78, 5) is 13.9. The molecule has 0 radical (unpaired) electrons. The fourth-order valence-corrected chi connectivity index (χ4v) is 2.11. The Labute approximate surface area is 90.1 Å². The molecule has 0 aromatic heterocycles. The zero-order valence-electron chi connectivity index (χ0n) is 9.16. The molecule has 3 nitrogen and oxygen atoms in total. The van der Waals surface area contributed by atoms with E-state index >= 15 is 0 Å². The Morgan fingerprint density at radius 1 is 1.33 bits per heavy atom. The number of carbonyl (C=O) groups excluding carboxylic acids is 1. The number of anilines is 1. The van der Waals surface area contributed by atoms with E-state index in [0.717, 1.165) is 24.3 Å². The summed E-state index contributed by atoms with van der Waals surface area (Å²) in [5.74, 6) is 0.167. The number of amides is 1. The molecule has 1 aliphatic heterocycles. The van der Waals surface area contributed by atoms with Gasteiger partial charge in [-0.15, -0.1) is 0 Å². The van der Waals surface area contributed by atoms with E-state index < -0.39 is 0 Å². The summed E-state index contributed by atoms with van der Waals surface area (Å²) in [6, 6.07) is 7.84. The number of rotatable bonds is 3. The lowest BCUT2D eigenvalue weighted by Gasteiger charge is -2.15. The Morgan fingerprint density at radius 3 is 2.73 bits per heavy atom. The number of carbonyl (C=O) groups is 1. The standard InChI is InChI=1S/C12H16N2O/c1-3-13-11-9-7-5-6-8-10(9)14(4-2)12(11)15/h5-8,11,13H,3-4H2,1-2H3. The van der Waals surface area contributed by atoms with Crippen molar-refractivity contribution in [3.8, 4) is 0 Å². The molecule has 1 heterocycles. The lowest BCUT2D eigenvalue weighted by atomic mass is 10.1. The molecule has 15 heavy (non-hydrogen) atoms. The van der Waals surface area contributed by atoms with Gasteiger partial charge in [0.05, 0.1) is 0 Å². The molecule has 1 aromatic carbocycles. The average Bonchev–Trinajstić information content (AvgIpc) is 2.53. The minimum absolute atomic E-state index is 0.147. The van der Waals surface area contributed by atoms with Gasteiger partial charge in [-0.2, -0.15) is 0 Å². The maximum Gasteiger partial charge on any atom is 0.248 e. The molecular formula is C12H16N2O. The molecule has 80 valence electrons. The highest BCUT2D eigenvalue weighted by Crippen LogP contribution is 2.35. The van der Waals surface area contributed by atoms with Gasteiger partial charge in [0.1, 0.15) is 6.04 Å². The first-order valence-electron chi connectivity index (χ1n) is 5.43. The molecule has 1 N–H and O–H groups in total. The highest BCUT2D eigenvalue weighted by molar-refractivity contribution is 6.04. The van der Waals surface area contributed by atoms with Gasteiger partial charge in [-0.05, 0) is 19.5 Å². The summed E-state index contributed by atoms with van der Waals surface area (Å²) < 4.78 is 0. The third-order valence-corrected chi connectivity index (χ3v) is 2.78. The maximum atomic E-state index is 12.0. The Balaban J connectivity index is 2.42. The summed E-state index contributed by atoms with van der Waals surface area (Å²) in [5, 5.41) is 3.22. The number of nitrogens with one attached hydrogen (secondary N) is 1. The van der Waals surface area contributed by atoms with Crippen molar-refractivity contribution < 1.29 is 4.79 Å². The third-order valence-electron chi connectivity index (χ3n) is 2.78. The van der Waals surface area contributed by atoms with Gasteiger partial charge >= 0.3 is 0 Å². The number of nitrogens with zero attached hydrogens (tertiary/aromatic N) is 1. The second-order valence-corrected chi connectivity index (χ2v) is 3.63. The predicted molar refractivity (Wildman–Crippen MR) is 60.9 cm³/mol. The molecule has 1 unspecified atom stereocenters. The van der Waals surface area contributed by atoms with Crippen LogP contribution in [0.4, 0.5) is 5.69 Å². The first kappa shape index (κ1) is 10.2. The van der Waals surface area contributed by atoms with Gasteiger partial charge in [0.2, 0.25) is 5.91 Å². The van der Waals surface area contributed by atoms with E-state index in [0.29, 0.717) is 0 Å². The molecular weight excluding hydrogens is 188 g/mol. The Bertz CT molecular complexity index is 376. The smallest absolute Gasteiger partial charge is 0.248 e. The minimum Gasteiger partial charge on any atom is -0.311 e. The topological polar surface area (TPSA) is 32.3 Å². The van der Waals surface area contributed by atoms with E-state index in [1.165, 1.54) is 0 Å². The van der Waals surface area contributed by atoms with Crippen LogP contribution in [-0.4, -0.2) is 19.0 Å². The summed E-state index contributed by atoms with van der Waals surface area (Å²) >= 11 is 0. The van der Waals surface area contributed by atoms with Crippen molar-refractivity contribution in [2.45, 2.75) is 19.9 Å². The number of hydrogen-bond acceptors (Lipinski definition) is 2. The van der Waals surface area contributed by atoms with Crippen molar-refractivity contribution in [2.24, 2.45) is 0 Å². The van der Waals surface area contributed by atoms with E-state index in [1.807, 2.05) is 43.0 Å². The second-order valence-electron chi connectivity index (χ2n) is 3.63. The summed E-state index contributed by atoms with van der Waals surface area (Å²) in [6.45, 7) is 5.56. The zero-order valence-corrected chi connectivity index (χ0v) is 9.16. The second kappa shape index (κ2) is 4.03. The first-order valence-corrected chi connectivity index (χ1v) is 5.43. The van der Waals surface area contributed by atoms with Crippen LogP contribution in [0.2, 0.25) is 0 Å². The first-order chi connectivity index (χ1) is 7.29. The number of fused-ring (bicyclic) bond motifs is 1. The Hall–Kier alpha value is -1.35. The average molecular weight is 204 g/mol. The molecule has 3 heteroatoms. The molecule has 1 atom stereocenters. The van der Waals surface area contributed by atoms with E-state index in [2.05, 4.69) is 5.32 Å². The van der Waals surface area contributed by atoms with Crippen LogP contribution >= 0.6 is 0 Å².